The molecule has 1 aromatic carbocycles. The topological polar surface area (TPSA) is 106 Å². The van der Waals surface area contributed by atoms with Crippen molar-refractivity contribution in [3.63, 3.8) is 0 Å². The molecule has 1 fully saturated rings. The number of hydrogen-bond acceptors (Lipinski definition) is 7. The van der Waals surface area contributed by atoms with E-state index in [4.69, 9.17) is 14.2 Å². The van der Waals surface area contributed by atoms with E-state index in [-0.39, 0.29) is 29.5 Å². The SMILES string of the molecule is CCOC(=O)N1CCN(C(=O)c2cc(OC)c(OC)cc2N(C)S(=O)(=O)CC)CC1. The van der Waals surface area contributed by atoms with E-state index in [2.05, 4.69) is 0 Å². The highest BCUT2D eigenvalue weighted by Gasteiger charge is 2.30. The fraction of sp³-hybridized carbons (Fsp3) is 0.579. The second kappa shape index (κ2) is 9.88. The van der Waals surface area contributed by atoms with Gasteiger partial charge in [0.15, 0.2) is 11.5 Å². The number of piperazine rings is 1. The maximum atomic E-state index is 13.3. The van der Waals surface area contributed by atoms with Gasteiger partial charge in [-0.05, 0) is 19.9 Å². The van der Waals surface area contributed by atoms with Gasteiger partial charge in [0.05, 0.1) is 37.8 Å². The molecule has 11 heteroatoms. The Balaban J connectivity index is 2.37. The highest BCUT2D eigenvalue weighted by Crippen LogP contribution is 2.36. The van der Waals surface area contributed by atoms with E-state index in [1.165, 1.54) is 45.2 Å². The Morgan fingerprint density at radius 3 is 2.03 bits per heavy atom. The number of carbonyl (C=O) groups excluding carboxylic acids is 2. The average molecular weight is 444 g/mol. The molecule has 1 aliphatic rings. The number of benzene rings is 1. The summed E-state index contributed by atoms with van der Waals surface area (Å²) in [7, 11) is 0.664. The van der Waals surface area contributed by atoms with E-state index in [0.29, 0.717) is 37.7 Å². The molecule has 0 saturated carbocycles. The molecule has 0 radical (unpaired) electrons. The Bertz CT molecular complexity index is 880. The van der Waals surface area contributed by atoms with Crippen LogP contribution in [0.4, 0.5) is 10.5 Å². The summed E-state index contributed by atoms with van der Waals surface area (Å²) in [6.07, 6.45) is -0.412. The van der Waals surface area contributed by atoms with Gasteiger partial charge in [0, 0.05) is 39.3 Å². The number of anilines is 1. The molecule has 1 heterocycles. The lowest BCUT2D eigenvalue weighted by Crippen LogP contribution is -2.51. The van der Waals surface area contributed by atoms with Crippen molar-refractivity contribution < 1.29 is 32.2 Å². The van der Waals surface area contributed by atoms with Gasteiger partial charge in [0.2, 0.25) is 10.0 Å². The van der Waals surface area contributed by atoms with Crippen molar-refractivity contribution in [3.8, 4) is 11.5 Å². The molecule has 0 N–H and O–H groups in total. The van der Waals surface area contributed by atoms with Gasteiger partial charge < -0.3 is 24.0 Å². The second-order valence-corrected chi connectivity index (χ2v) is 8.86. The Labute approximate surface area is 177 Å². The van der Waals surface area contributed by atoms with E-state index < -0.39 is 16.1 Å². The fourth-order valence-electron chi connectivity index (χ4n) is 3.12. The van der Waals surface area contributed by atoms with Gasteiger partial charge >= 0.3 is 6.09 Å². The van der Waals surface area contributed by atoms with Crippen molar-refractivity contribution in [2.24, 2.45) is 0 Å². The minimum atomic E-state index is -3.61. The van der Waals surface area contributed by atoms with Crippen molar-refractivity contribution >= 4 is 27.7 Å². The molecular formula is C19H29N3O7S. The van der Waals surface area contributed by atoms with Gasteiger partial charge in [-0.3, -0.25) is 9.10 Å². The lowest BCUT2D eigenvalue weighted by atomic mass is 10.1. The van der Waals surface area contributed by atoms with Gasteiger partial charge in [-0.25, -0.2) is 13.2 Å². The van der Waals surface area contributed by atoms with E-state index in [1.807, 2.05) is 0 Å². The Morgan fingerprint density at radius 1 is 1.00 bits per heavy atom. The van der Waals surface area contributed by atoms with Gasteiger partial charge in [-0.15, -0.1) is 0 Å². The first-order valence-electron chi connectivity index (χ1n) is 9.63. The fourth-order valence-corrected chi connectivity index (χ4v) is 3.96. The van der Waals surface area contributed by atoms with Crippen molar-refractivity contribution in [2.45, 2.75) is 13.8 Å². The van der Waals surface area contributed by atoms with Crippen molar-refractivity contribution in [3.05, 3.63) is 17.7 Å². The van der Waals surface area contributed by atoms with Crippen LogP contribution < -0.4 is 13.8 Å². The van der Waals surface area contributed by atoms with Crippen LogP contribution in [0.2, 0.25) is 0 Å². The van der Waals surface area contributed by atoms with E-state index in [0.717, 1.165) is 4.31 Å². The standard InChI is InChI=1S/C19H29N3O7S/c1-6-29-19(24)22-10-8-21(9-11-22)18(23)14-12-16(27-4)17(28-5)13-15(14)20(3)30(25,26)7-2/h12-13H,6-11H2,1-5H3. The smallest absolute Gasteiger partial charge is 0.409 e. The number of amides is 2. The normalized spacial score (nSPS) is 14.3. The van der Waals surface area contributed by atoms with Gasteiger partial charge in [0.1, 0.15) is 0 Å². The third-order valence-corrected chi connectivity index (χ3v) is 6.71. The van der Waals surface area contributed by atoms with Crippen LogP contribution in [-0.2, 0) is 14.8 Å². The summed E-state index contributed by atoms with van der Waals surface area (Å²) in [4.78, 5) is 28.3. The summed E-state index contributed by atoms with van der Waals surface area (Å²) in [6, 6.07) is 2.96. The molecule has 1 aromatic rings. The molecule has 1 saturated heterocycles. The van der Waals surface area contributed by atoms with Crippen LogP contribution in [-0.4, -0.2) is 90.0 Å². The van der Waals surface area contributed by atoms with E-state index >= 15 is 0 Å². The lowest BCUT2D eigenvalue weighted by Gasteiger charge is -2.35. The zero-order valence-corrected chi connectivity index (χ0v) is 18.8. The molecule has 10 nitrogen and oxygen atoms in total. The van der Waals surface area contributed by atoms with Crippen LogP contribution in [0.15, 0.2) is 12.1 Å². The molecule has 0 atom stereocenters. The monoisotopic (exact) mass is 443 g/mol. The number of hydrogen-bond donors (Lipinski definition) is 0. The number of methoxy groups -OCH3 is 2. The molecule has 0 aliphatic carbocycles. The Morgan fingerprint density at radius 2 is 1.53 bits per heavy atom. The number of ether oxygens (including phenoxy) is 3. The number of sulfonamides is 1. The summed E-state index contributed by atoms with van der Waals surface area (Å²) >= 11 is 0. The Hall–Kier alpha value is -2.69. The van der Waals surface area contributed by atoms with Crippen LogP contribution in [0.5, 0.6) is 11.5 Å². The predicted octanol–water partition coefficient (Wildman–Crippen LogP) is 1.40. The van der Waals surface area contributed by atoms with Crippen molar-refractivity contribution in [1.29, 1.82) is 0 Å². The molecule has 1 aliphatic heterocycles. The highest BCUT2D eigenvalue weighted by atomic mass is 32.2. The van der Waals surface area contributed by atoms with Crippen LogP contribution in [0.25, 0.3) is 0 Å². The summed E-state index contributed by atoms with van der Waals surface area (Å²) in [5, 5.41) is 0. The first-order chi connectivity index (χ1) is 14.2. The average Bonchev–Trinajstić information content (AvgIpc) is 2.77. The molecule has 0 aromatic heterocycles. The first kappa shape index (κ1) is 23.6. The van der Waals surface area contributed by atoms with E-state index in [1.54, 1.807) is 11.8 Å². The number of nitrogens with zero attached hydrogens (tertiary/aromatic N) is 3. The van der Waals surface area contributed by atoms with Crippen LogP contribution in [0, 0.1) is 0 Å². The largest absolute Gasteiger partial charge is 0.493 e. The third kappa shape index (κ3) is 4.89. The lowest BCUT2D eigenvalue weighted by molar-refractivity contribution is 0.0571. The Kier molecular flexibility index (Phi) is 7.77. The third-order valence-electron chi connectivity index (χ3n) is 4.95. The zero-order valence-electron chi connectivity index (χ0n) is 18.0. The summed E-state index contributed by atoms with van der Waals surface area (Å²) in [5.41, 5.74) is 0.379. The molecule has 0 unspecified atom stereocenters. The molecule has 0 spiro atoms. The van der Waals surface area contributed by atoms with Gasteiger partial charge in [0.25, 0.3) is 5.91 Å². The maximum absolute atomic E-state index is 13.3. The van der Waals surface area contributed by atoms with Crippen LogP contribution in [0.1, 0.15) is 24.2 Å². The first-order valence-corrected chi connectivity index (χ1v) is 11.2. The summed E-state index contributed by atoms with van der Waals surface area (Å²) in [5.74, 6) is 0.156. The number of carbonyl (C=O) groups is 2. The number of rotatable bonds is 7. The second-order valence-electron chi connectivity index (χ2n) is 6.57. The summed E-state index contributed by atoms with van der Waals surface area (Å²) < 4.78 is 41.6. The minimum Gasteiger partial charge on any atom is -0.493 e. The van der Waals surface area contributed by atoms with Crippen molar-refractivity contribution in [2.75, 3.05) is 64.1 Å². The molecule has 2 amide bonds. The molecule has 168 valence electrons. The minimum absolute atomic E-state index is 0.121. The predicted molar refractivity (Wildman–Crippen MR) is 112 cm³/mol. The van der Waals surface area contributed by atoms with Crippen LogP contribution >= 0.6 is 0 Å². The van der Waals surface area contributed by atoms with Crippen molar-refractivity contribution in [1.82, 2.24) is 9.80 Å². The van der Waals surface area contributed by atoms with Crippen LogP contribution in [0.3, 0.4) is 0 Å². The molecule has 0 bridgehead atoms. The molecule has 2 rings (SSSR count). The van der Waals surface area contributed by atoms with Gasteiger partial charge in [-0.2, -0.15) is 0 Å². The van der Waals surface area contributed by atoms with Gasteiger partial charge in [-0.1, -0.05) is 0 Å². The van der Waals surface area contributed by atoms with E-state index in [9.17, 15) is 18.0 Å². The molecule has 30 heavy (non-hydrogen) atoms. The zero-order chi connectivity index (χ0) is 22.5. The summed E-state index contributed by atoms with van der Waals surface area (Å²) in [6.45, 7) is 4.81. The highest BCUT2D eigenvalue weighted by molar-refractivity contribution is 7.92. The quantitative estimate of drug-likeness (QED) is 0.627. The maximum Gasteiger partial charge on any atom is 0.409 e. The molecular weight excluding hydrogens is 414 g/mol.